The molecule has 2 nitrogen and oxygen atoms in total. The van der Waals surface area contributed by atoms with E-state index >= 15 is 0 Å². The minimum atomic E-state index is 0.578. The van der Waals surface area contributed by atoms with E-state index in [1.165, 1.54) is 5.56 Å². The molecule has 0 aliphatic carbocycles. The van der Waals surface area contributed by atoms with Crippen LogP contribution >= 0.6 is 23.2 Å². The van der Waals surface area contributed by atoms with Gasteiger partial charge in [-0.3, -0.25) is 4.79 Å². The molecule has 0 atom stereocenters. The lowest BCUT2D eigenvalue weighted by molar-refractivity contribution is 0.111. The third-order valence-electron chi connectivity index (χ3n) is 3.61. The third-order valence-corrected chi connectivity index (χ3v) is 4.17. The summed E-state index contributed by atoms with van der Waals surface area (Å²) in [5, 5.41) is 1.17. The Morgan fingerprint density at radius 2 is 1.90 bits per heavy atom. The van der Waals surface area contributed by atoms with E-state index < -0.39 is 0 Å². The van der Waals surface area contributed by atoms with E-state index in [4.69, 9.17) is 23.2 Å². The first-order valence-electron chi connectivity index (χ1n) is 6.68. The third kappa shape index (κ3) is 2.45. The maximum atomic E-state index is 11.6. The van der Waals surface area contributed by atoms with Gasteiger partial charge in [0, 0.05) is 32.9 Å². The maximum Gasteiger partial charge on any atom is 0.167 e. The maximum absolute atomic E-state index is 11.6. The molecule has 2 heterocycles. The van der Waals surface area contributed by atoms with Crippen LogP contribution in [0.3, 0.4) is 0 Å². The normalized spacial score (nSPS) is 11.0. The highest BCUT2D eigenvalue weighted by molar-refractivity contribution is 6.35. The molecule has 3 aromatic rings. The lowest BCUT2D eigenvalue weighted by Gasteiger charge is -2.05. The van der Waals surface area contributed by atoms with Crippen LogP contribution in [-0.4, -0.2) is 10.7 Å². The Kier molecular flexibility index (Phi) is 3.75. The van der Waals surface area contributed by atoms with E-state index in [0.717, 1.165) is 29.4 Å². The van der Waals surface area contributed by atoms with Gasteiger partial charge in [0.05, 0.1) is 5.69 Å². The smallest absolute Gasteiger partial charge is 0.167 e. The van der Waals surface area contributed by atoms with Crippen LogP contribution in [0.4, 0.5) is 0 Å². The lowest BCUT2D eigenvalue weighted by atomic mass is 10.1. The number of benzene rings is 1. The molecule has 0 fully saturated rings. The number of aromatic nitrogens is 1. The van der Waals surface area contributed by atoms with Gasteiger partial charge in [-0.1, -0.05) is 36.2 Å². The Bertz CT molecular complexity index is 836. The number of aryl methyl sites for hydroxylation is 1. The molecule has 21 heavy (non-hydrogen) atoms. The van der Waals surface area contributed by atoms with Crippen molar-refractivity contribution >= 4 is 35.0 Å². The largest absolute Gasteiger partial charge is 0.313 e. The molecular weight excluding hydrogens is 305 g/mol. The molecule has 2 aromatic heterocycles. The van der Waals surface area contributed by atoms with Crippen LogP contribution in [0.5, 0.6) is 0 Å². The summed E-state index contributed by atoms with van der Waals surface area (Å²) in [7, 11) is 0. The molecule has 0 amide bonds. The van der Waals surface area contributed by atoms with Crippen molar-refractivity contribution in [2.24, 2.45) is 0 Å². The summed E-state index contributed by atoms with van der Waals surface area (Å²) in [6.45, 7) is 2.08. The molecule has 0 aliphatic heterocycles. The van der Waals surface area contributed by atoms with Crippen molar-refractivity contribution in [3.63, 3.8) is 0 Å². The van der Waals surface area contributed by atoms with Crippen molar-refractivity contribution in [2.45, 2.75) is 13.3 Å². The molecule has 106 valence electrons. The number of aldehydes is 1. The predicted molar refractivity (Wildman–Crippen MR) is 87.6 cm³/mol. The molecule has 0 saturated heterocycles. The molecule has 1 aromatic carbocycles. The summed E-state index contributed by atoms with van der Waals surface area (Å²) in [4.78, 5) is 11.6. The van der Waals surface area contributed by atoms with Crippen LogP contribution in [0.2, 0.25) is 10.0 Å². The van der Waals surface area contributed by atoms with Crippen molar-refractivity contribution in [1.29, 1.82) is 0 Å². The zero-order valence-electron chi connectivity index (χ0n) is 11.4. The fourth-order valence-corrected chi connectivity index (χ4v) is 2.87. The molecule has 4 heteroatoms. The van der Waals surface area contributed by atoms with Crippen LogP contribution < -0.4 is 0 Å². The summed E-state index contributed by atoms with van der Waals surface area (Å²) in [6, 6.07) is 11.3. The summed E-state index contributed by atoms with van der Waals surface area (Å²) >= 11 is 12.3. The van der Waals surface area contributed by atoms with Crippen molar-refractivity contribution in [1.82, 2.24) is 4.40 Å². The molecule has 3 rings (SSSR count). The average Bonchev–Trinajstić information content (AvgIpc) is 2.86. The molecule has 0 unspecified atom stereocenters. The van der Waals surface area contributed by atoms with Crippen LogP contribution in [-0.2, 0) is 6.42 Å². The Morgan fingerprint density at radius 3 is 2.62 bits per heavy atom. The lowest BCUT2D eigenvalue weighted by Crippen LogP contribution is -1.94. The van der Waals surface area contributed by atoms with Crippen LogP contribution in [0.25, 0.3) is 16.6 Å². The number of hydrogen-bond acceptors (Lipinski definition) is 1. The van der Waals surface area contributed by atoms with Crippen molar-refractivity contribution in [3.8, 4) is 11.1 Å². The number of fused-ring (bicyclic) bond motifs is 1. The van der Waals surface area contributed by atoms with Gasteiger partial charge in [-0.2, -0.15) is 0 Å². The van der Waals surface area contributed by atoms with Crippen molar-refractivity contribution in [2.75, 3.05) is 0 Å². The monoisotopic (exact) mass is 317 g/mol. The fourth-order valence-electron chi connectivity index (χ4n) is 2.48. The van der Waals surface area contributed by atoms with E-state index in [1.807, 2.05) is 22.7 Å². The number of nitrogens with zero attached hydrogens (tertiary/aromatic N) is 1. The number of rotatable bonds is 3. The molecule has 0 aliphatic rings. The van der Waals surface area contributed by atoms with Gasteiger partial charge in [-0.25, -0.2) is 0 Å². The van der Waals surface area contributed by atoms with Crippen LogP contribution in [0.15, 0.2) is 42.6 Å². The minimum Gasteiger partial charge on any atom is -0.313 e. The van der Waals surface area contributed by atoms with Gasteiger partial charge < -0.3 is 4.40 Å². The predicted octanol–water partition coefficient (Wildman–Crippen LogP) is 5.29. The highest BCUT2D eigenvalue weighted by Crippen LogP contribution is 2.34. The van der Waals surface area contributed by atoms with Gasteiger partial charge >= 0.3 is 0 Å². The molecule has 0 radical (unpaired) electrons. The molecule has 0 spiro atoms. The fraction of sp³-hybridized carbons (Fsp3) is 0.118. The summed E-state index contributed by atoms with van der Waals surface area (Å²) in [5.41, 5.74) is 4.29. The molecular formula is C17H13Cl2NO. The first kappa shape index (κ1) is 14.2. The molecule has 0 bridgehead atoms. The van der Waals surface area contributed by atoms with Crippen molar-refractivity contribution in [3.05, 3.63) is 63.9 Å². The van der Waals surface area contributed by atoms with Gasteiger partial charge in [-0.05, 0) is 42.3 Å². The van der Waals surface area contributed by atoms with Crippen LogP contribution in [0, 0.1) is 0 Å². The Hall–Kier alpha value is -1.77. The number of carbonyl (C=O) groups is 1. The number of hydrogen-bond donors (Lipinski definition) is 0. The summed E-state index contributed by atoms with van der Waals surface area (Å²) in [5.74, 6) is 0. The Balaban J connectivity index is 2.32. The number of halogens is 2. The summed E-state index contributed by atoms with van der Waals surface area (Å²) < 4.78 is 1.90. The van der Waals surface area contributed by atoms with E-state index in [0.29, 0.717) is 15.7 Å². The standard InChI is InChI=1S/C17H13Cl2NO/c1-2-11-3-5-13-8-15(17(10-21)20(13)9-11)14-7-12(18)4-6-16(14)19/h3-10H,2H2,1H3. The second-order valence-corrected chi connectivity index (χ2v) is 5.71. The quantitative estimate of drug-likeness (QED) is 0.601. The first-order chi connectivity index (χ1) is 10.1. The number of pyridine rings is 1. The van der Waals surface area contributed by atoms with Gasteiger partial charge in [0.25, 0.3) is 0 Å². The van der Waals surface area contributed by atoms with Gasteiger partial charge in [-0.15, -0.1) is 0 Å². The van der Waals surface area contributed by atoms with Crippen LogP contribution in [0.1, 0.15) is 23.0 Å². The molecule has 0 saturated carbocycles. The average molecular weight is 318 g/mol. The Morgan fingerprint density at radius 1 is 1.10 bits per heavy atom. The van der Waals surface area contributed by atoms with E-state index in [9.17, 15) is 4.79 Å². The first-order valence-corrected chi connectivity index (χ1v) is 7.44. The highest BCUT2D eigenvalue weighted by atomic mass is 35.5. The topological polar surface area (TPSA) is 21.5 Å². The van der Waals surface area contributed by atoms with Gasteiger partial charge in [0.15, 0.2) is 6.29 Å². The minimum absolute atomic E-state index is 0.578. The zero-order chi connectivity index (χ0) is 15.0. The van der Waals surface area contributed by atoms with Crippen molar-refractivity contribution < 1.29 is 4.79 Å². The van der Waals surface area contributed by atoms with E-state index in [2.05, 4.69) is 13.0 Å². The zero-order valence-corrected chi connectivity index (χ0v) is 12.9. The van der Waals surface area contributed by atoms with Gasteiger partial charge in [0.2, 0.25) is 0 Å². The highest BCUT2D eigenvalue weighted by Gasteiger charge is 2.14. The molecule has 0 N–H and O–H groups in total. The second-order valence-electron chi connectivity index (χ2n) is 4.87. The van der Waals surface area contributed by atoms with E-state index in [-0.39, 0.29) is 0 Å². The van der Waals surface area contributed by atoms with Gasteiger partial charge in [0.1, 0.15) is 0 Å². The summed E-state index contributed by atoms with van der Waals surface area (Å²) in [6.07, 6.45) is 3.76. The Labute approximate surface area is 132 Å². The number of carbonyl (C=O) groups excluding carboxylic acids is 1. The van der Waals surface area contributed by atoms with E-state index in [1.54, 1.807) is 18.2 Å². The SMILES string of the molecule is CCc1ccc2cc(-c3cc(Cl)ccc3Cl)c(C=O)n2c1. The second kappa shape index (κ2) is 5.55.